The summed E-state index contributed by atoms with van der Waals surface area (Å²) < 4.78 is 11.5. The maximum Gasteiger partial charge on any atom is 0.340 e. The normalized spacial score (nSPS) is 9.76. The van der Waals surface area contributed by atoms with Gasteiger partial charge in [-0.15, -0.1) is 0 Å². The zero-order chi connectivity index (χ0) is 19.3. The molecule has 0 saturated carbocycles. The molecule has 9 nitrogen and oxygen atoms in total. The molecule has 9 heteroatoms. The van der Waals surface area contributed by atoms with Crippen LogP contribution in [0.15, 0.2) is 24.8 Å². The first-order chi connectivity index (χ1) is 11.7. The van der Waals surface area contributed by atoms with E-state index in [1.54, 1.807) is 24.6 Å². The summed E-state index contributed by atoms with van der Waals surface area (Å²) in [6.45, 7) is 4.61. The van der Waals surface area contributed by atoms with Crippen molar-refractivity contribution < 1.29 is 29.1 Å². The van der Waals surface area contributed by atoms with Crippen LogP contribution >= 0.6 is 0 Å². The highest BCUT2D eigenvalue weighted by atomic mass is 16.6. The van der Waals surface area contributed by atoms with Crippen molar-refractivity contribution in [2.24, 2.45) is 7.05 Å². The van der Waals surface area contributed by atoms with E-state index in [0.29, 0.717) is 11.2 Å². The molecule has 0 radical (unpaired) electrons. The second-order valence-electron chi connectivity index (χ2n) is 4.80. The van der Waals surface area contributed by atoms with Gasteiger partial charge in [-0.2, -0.15) is 0 Å². The van der Waals surface area contributed by atoms with Crippen LogP contribution in [0, 0.1) is 17.0 Å². The van der Waals surface area contributed by atoms with Crippen LogP contribution in [0.4, 0.5) is 5.69 Å². The standard InChI is InChI=1S/C13H14N2O5.C3H4O2/c1-7-10(13(16)20-4)11-8(14(7)2)5-6-9(19-3)12(11)15(17)18;1-2-3(4)5/h5-6H,1-4H3;2H,1H2,(H,4,5)/p-1. The molecule has 2 aromatic rings. The molecular weight excluding hydrogens is 332 g/mol. The first-order valence-corrected chi connectivity index (χ1v) is 6.93. The third kappa shape index (κ3) is 3.77. The number of carboxylic acid groups (broad SMARTS) is 1. The molecule has 1 heterocycles. The van der Waals surface area contributed by atoms with Gasteiger partial charge in [-0.3, -0.25) is 10.1 Å². The molecule has 0 bridgehead atoms. The number of fused-ring (bicyclic) bond motifs is 1. The molecule has 0 unspecified atom stereocenters. The Labute approximate surface area is 143 Å². The van der Waals surface area contributed by atoms with Gasteiger partial charge in [-0.1, -0.05) is 6.58 Å². The molecule has 1 aromatic carbocycles. The number of carbonyl (C=O) groups excluding carboxylic acids is 2. The van der Waals surface area contributed by atoms with Gasteiger partial charge in [0.1, 0.15) is 0 Å². The van der Waals surface area contributed by atoms with Crippen LogP contribution in [0.3, 0.4) is 0 Å². The highest BCUT2D eigenvalue weighted by Gasteiger charge is 2.29. The SMILES string of the molecule is C=CC(=O)[O-].COC(=O)c1c(C)n(C)c2ccc(OC)c([N+](=O)[O-])c12. The van der Waals surface area contributed by atoms with Crippen LogP contribution < -0.4 is 9.84 Å². The van der Waals surface area contributed by atoms with E-state index in [4.69, 9.17) is 19.4 Å². The van der Waals surface area contributed by atoms with E-state index >= 15 is 0 Å². The smallest absolute Gasteiger partial charge is 0.340 e. The third-order valence-corrected chi connectivity index (χ3v) is 3.55. The van der Waals surface area contributed by atoms with Crippen LogP contribution in [0.5, 0.6) is 5.75 Å². The molecule has 0 aliphatic rings. The maximum absolute atomic E-state index is 11.9. The number of carbonyl (C=O) groups is 2. The third-order valence-electron chi connectivity index (χ3n) is 3.55. The van der Waals surface area contributed by atoms with Crippen molar-refractivity contribution >= 4 is 28.5 Å². The average Bonchev–Trinajstić information content (AvgIpc) is 2.84. The Balaban J connectivity index is 0.000000550. The Bertz CT molecular complexity index is 852. The van der Waals surface area contributed by atoms with Gasteiger partial charge in [0.25, 0.3) is 0 Å². The lowest BCUT2D eigenvalue weighted by molar-refractivity contribution is -0.384. The molecule has 25 heavy (non-hydrogen) atoms. The van der Waals surface area contributed by atoms with Crippen molar-refractivity contribution in [3.63, 3.8) is 0 Å². The zero-order valence-corrected chi connectivity index (χ0v) is 14.2. The van der Waals surface area contributed by atoms with Gasteiger partial charge in [0.15, 0.2) is 5.75 Å². The molecule has 1 aromatic heterocycles. The second-order valence-corrected chi connectivity index (χ2v) is 4.80. The summed E-state index contributed by atoms with van der Waals surface area (Å²) >= 11 is 0. The summed E-state index contributed by atoms with van der Waals surface area (Å²) in [5.41, 5.74) is 1.14. The number of methoxy groups -OCH3 is 2. The molecule has 134 valence electrons. The summed E-state index contributed by atoms with van der Waals surface area (Å²) in [6, 6.07) is 3.20. The summed E-state index contributed by atoms with van der Waals surface area (Å²) in [5, 5.41) is 20.7. The Kier molecular flexibility index (Phi) is 6.26. The zero-order valence-electron chi connectivity index (χ0n) is 14.2. The monoisotopic (exact) mass is 349 g/mol. The average molecular weight is 349 g/mol. The van der Waals surface area contributed by atoms with E-state index in [1.165, 1.54) is 20.3 Å². The number of aromatic nitrogens is 1. The maximum atomic E-state index is 11.9. The summed E-state index contributed by atoms with van der Waals surface area (Å²) in [4.78, 5) is 31.9. The largest absolute Gasteiger partial charge is 0.545 e. The number of nitrogens with zero attached hydrogens (tertiary/aromatic N) is 2. The summed E-state index contributed by atoms with van der Waals surface area (Å²) in [7, 11) is 4.33. The van der Waals surface area contributed by atoms with Gasteiger partial charge in [-0.05, 0) is 25.1 Å². The Morgan fingerprint density at radius 1 is 1.32 bits per heavy atom. The van der Waals surface area contributed by atoms with Crippen LogP contribution in [-0.2, 0) is 16.6 Å². The molecule has 0 atom stereocenters. The minimum absolute atomic E-state index is 0.109. The number of hydrogen-bond donors (Lipinski definition) is 0. The number of aryl methyl sites for hydroxylation is 1. The molecule has 0 aliphatic heterocycles. The summed E-state index contributed by atoms with van der Waals surface area (Å²) in [6.07, 6.45) is 0.722. The first-order valence-electron chi connectivity index (χ1n) is 6.93. The van der Waals surface area contributed by atoms with E-state index in [9.17, 15) is 14.9 Å². The van der Waals surface area contributed by atoms with E-state index < -0.39 is 16.9 Å². The van der Waals surface area contributed by atoms with Crippen molar-refractivity contribution in [2.45, 2.75) is 6.92 Å². The lowest BCUT2D eigenvalue weighted by Gasteiger charge is -2.04. The van der Waals surface area contributed by atoms with Crippen molar-refractivity contribution in [3.8, 4) is 5.75 Å². The molecule has 0 fully saturated rings. The van der Waals surface area contributed by atoms with E-state index in [2.05, 4.69) is 6.58 Å². The topological polar surface area (TPSA) is 124 Å². The highest BCUT2D eigenvalue weighted by Crippen LogP contribution is 2.39. The molecular formula is C16H17N2O7-. The van der Waals surface area contributed by atoms with Gasteiger partial charge < -0.3 is 23.9 Å². The Hall–Kier alpha value is -3.36. The highest BCUT2D eigenvalue weighted by molar-refractivity contribution is 6.10. The Morgan fingerprint density at radius 2 is 1.88 bits per heavy atom. The lowest BCUT2D eigenvalue weighted by Crippen LogP contribution is -2.17. The number of aliphatic carboxylic acids is 1. The first kappa shape index (κ1) is 19.7. The van der Waals surface area contributed by atoms with Gasteiger partial charge in [0.05, 0.1) is 41.6 Å². The van der Waals surface area contributed by atoms with Gasteiger partial charge >= 0.3 is 11.7 Å². The Morgan fingerprint density at radius 3 is 2.28 bits per heavy atom. The van der Waals surface area contributed by atoms with Crippen molar-refractivity contribution in [1.82, 2.24) is 4.57 Å². The van der Waals surface area contributed by atoms with Crippen molar-refractivity contribution in [2.75, 3.05) is 14.2 Å². The van der Waals surface area contributed by atoms with Gasteiger partial charge in [-0.25, -0.2) is 4.79 Å². The number of ether oxygens (including phenoxy) is 2. The fraction of sp³-hybridized carbons (Fsp3) is 0.250. The minimum Gasteiger partial charge on any atom is -0.545 e. The predicted molar refractivity (Wildman–Crippen MR) is 87.4 cm³/mol. The van der Waals surface area contributed by atoms with E-state index in [-0.39, 0.29) is 22.4 Å². The quantitative estimate of drug-likeness (QED) is 0.350. The number of rotatable bonds is 4. The van der Waals surface area contributed by atoms with Crippen LogP contribution in [0.1, 0.15) is 16.1 Å². The molecule has 0 amide bonds. The number of benzene rings is 1. The van der Waals surface area contributed by atoms with Gasteiger partial charge in [0, 0.05) is 12.7 Å². The molecule has 0 spiro atoms. The van der Waals surface area contributed by atoms with Crippen LogP contribution in [0.25, 0.3) is 10.9 Å². The van der Waals surface area contributed by atoms with E-state index in [0.717, 1.165) is 6.08 Å². The van der Waals surface area contributed by atoms with Crippen LogP contribution in [0.2, 0.25) is 0 Å². The van der Waals surface area contributed by atoms with Gasteiger partial charge in [0.2, 0.25) is 0 Å². The molecule has 0 aliphatic carbocycles. The molecule has 2 rings (SSSR count). The van der Waals surface area contributed by atoms with E-state index in [1.807, 2.05) is 0 Å². The number of nitro benzene ring substituents is 1. The number of esters is 1. The number of nitro groups is 1. The fourth-order valence-corrected chi connectivity index (χ4v) is 2.31. The molecule has 0 N–H and O–H groups in total. The number of hydrogen-bond acceptors (Lipinski definition) is 7. The predicted octanol–water partition coefficient (Wildman–Crippen LogP) is 1.11. The fourth-order valence-electron chi connectivity index (χ4n) is 2.31. The number of carboxylic acids is 1. The van der Waals surface area contributed by atoms with Crippen molar-refractivity contribution in [3.05, 3.63) is 46.2 Å². The van der Waals surface area contributed by atoms with Crippen LogP contribution in [-0.4, -0.2) is 35.6 Å². The minimum atomic E-state index is -1.23. The lowest BCUT2D eigenvalue weighted by atomic mass is 10.1. The van der Waals surface area contributed by atoms with Crippen molar-refractivity contribution in [1.29, 1.82) is 0 Å². The molecule has 0 saturated heterocycles. The second kappa shape index (κ2) is 7.95. The summed E-state index contributed by atoms with van der Waals surface area (Å²) in [5.74, 6) is -1.73.